The van der Waals surface area contributed by atoms with E-state index in [9.17, 15) is 9.18 Å². The van der Waals surface area contributed by atoms with Gasteiger partial charge in [-0.05, 0) is 62.8 Å². The van der Waals surface area contributed by atoms with Crippen molar-refractivity contribution in [3.05, 3.63) is 29.6 Å². The molecular formula is C18H25FN2O. The Balaban J connectivity index is 1.59. The SMILES string of the molecule is Cc1ccc(NC(=O)CN2CCC[C@@H]3CCCC[C@@H]32)cc1F. The van der Waals surface area contributed by atoms with Gasteiger partial charge in [0.1, 0.15) is 5.82 Å². The normalized spacial score (nSPS) is 25.5. The molecule has 0 bridgehead atoms. The molecule has 1 N–H and O–H groups in total. The number of anilines is 1. The van der Waals surface area contributed by atoms with Crippen LogP contribution in [-0.2, 0) is 4.79 Å². The zero-order chi connectivity index (χ0) is 15.5. The summed E-state index contributed by atoms with van der Waals surface area (Å²) >= 11 is 0. The van der Waals surface area contributed by atoms with E-state index >= 15 is 0 Å². The summed E-state index contributed by atoms with van der Waals surface area (Å²) in [5.74, 6) is 0.463. The molecule has 1 heterocycles. The van der Waals surface area contributed by atoms with E-state index in [4.69, 9.17) is 0 Å². The molecule has 120 valence electrons. The third-order valence-corrected chi connectivity index (χ3v) is 5.16. The molecule has 2 atom stereocenters. The van der Waals surface area contributed by atoms with Gasteiger partial charge in [-0.25, -0.2) is 4.39 Å². The van der Waals surface area contributed by atoms with Crippen LogP contribution in [0.3, 0.4) is 0 Å². The second-order valence-corrected chi connectivity index (χ2v) is 6.74. The largest absolute Gasteiger partial charge is 0.325 e. The number of hydrogen-bond acceptors (Lipinski definition) is 2. The van der Waals surface area contributed by atoms with E-state index < -0.39 is 0 Å². The summed E-state index contributed by atoms with van der Waals surface area (Å²) in [6, 6.07) is 5.43. The van der Waals surface area contributed by atoms with Crippen LogP contribution in [0.1, 0.15) is 44.1 Å². The van der Waals surface area contributed by atoms with Crippen LogP contribution in [0, 0.1) is 18.7 Å². The predicted octanol–water partition coefficient (Wildman–Crippen LogP) is 3.73. The second kappa shape index (κ2) is 6.78. The van der Waals surface area contributed by atoms with E-state index in [1.54, 1.807) is 19.1 Å². The maximum Gasteiger partial charge on any atom is 0.238 e. The summed E-state index contributed by atoms with van der Waals surface area (Å²) in [6.07, 6.45) is 7.65. The highest BCUT2D eigenvalue weighted by Crippen LogP contribution is 2.35. The van der Waals surface area contributed by atoms with E-state index in [1.165, 1.54) is 44.6 Å². The summed E-state index contributed by atoms with van der Waals surface area (Å²) < 4.78 is 13.5. The van der Waals surface area contributed by atoms with Crippen LogP contribution in [0.25, 0.3) is 0 Å². The lowest BCUT2D eigenvalue weighted by atomic mass is 9.78. The van der Waals surface area contributed by atoms with Gasteiger partial charge in [0.2, 0.25) is 5.91 Å². The second-order valence-electron chi connectivity index (χ2n) is 6.74. The molecule has 0 unspecified atom stereocenters. The first kappa shape index (κ1) is 15.5. The van der Waals surface area contributed by atoms with Crippen LogP contribution >= 0.6 is 0 Å². The number of aryl methyl sites for hydroxylation is 1. The minimum absolute atomic E-state index is 0.0329. The molecule has 1 amide bonds. The van der Waals surface area contributed by atoms with Crippen molar-refractivity contribution in [2.45, 2.75) is 51.5 Å². The molecule has 0 aromatic heterocycles. The van der Waals surface area contributed by atoms with Gasteiger partial charge >= 0.3 is 0 Å². The number of amides is 1. The minimum atomic E-state index is -0.275. The van der Waals surface area contributed by atoms with Gasteiger partial charge in [-0.1, -0.05) is 18.9 Å². The lowest BCUT2D eigenvalue weighted by Gasteiger charge is -2.43. The van der Waals surface area contributed by atoms with Gasteiger partial charge in [0.05, 0.1) is 6.54 Å². The van der Waals surface area contributed by atoms with Crippen LogP contribution in [0.15, 0.2) is 18.2 Å². The number of nitrogens with one attached hydrogen (secondary N) is 1. The highest BCUT2D eigenvalue weighted by Gasteiger charge is 2.33. The number of halogens is 1. The Labute approximate surface area is 131 Å². The standard InChI is InChI=1S/C18H25FN2O/c1-13-8-9-15(11-16(13)19)20-18(22)12-21-10-4-6-14-5-2-3-7-17(14)21/h8-9,11,14,17H,2-7,10,12H2,1H3,(H,20,22)/t14-,17-/m0/s1. The summed E-state index contributed by atoms with van der Waals surface area (Å²) in [7, 11) is 0. The number of benzene rings is 1. The third kappa shape index (κ3) is 3.49. The Hall–Kier alpha value is -1.42. The van der Waals surface area contributed by atoms with Crippen molar-refractivity contribution in [2.24, 2.45) is 5.92 Å². The maximum absolute atomic E-state index is 13.5. The molecule has 1 aliphatic carbocycles. The van der Waals surface area contributed by atoms with Crippen LogP contribution in [-0.4, -0.2) is 29.9 Å². The number of piperidine rings is 1. The quantitative estimate of drug-likeness (QED) is 0.923. The molecule has 4 heteroatoms. The van der Waals surface area contributed by atoms with Crippen molar-refractivity contribution in [1.82, 2.24) is 4.90 Å². The van der Waals surface area contributed by atoms with Gasteiger partial charge in [-0.15, -0.1) is 0 Å². The predicted molar refractivity (Wildman–Crippen MR) is 86.3 cm³/mol. The molecule has 1 saturated heterocycles. The van der Waals surface area contributed by atoms with Crippen LogP contribution in [0.4, 0.5) is 10.1 Å². The molecule has 0 radical (unpaired) electrons. The van der Waals surface area contributed by atoms with Gasteiger partial charge in [-0.3, -0.25) is 9.69 Å². The Morgan fingerprint density at radius 2 is 2.05 bits per heavy atom. The minimum Gasteiger partial charge on any atom is -0.325 e. The number of nitrogens with zero attached hydrogens (tertiary/aromatic N) is 1. The zero-order valence-corrected chi connectivity index (χ0v) is 13.3. The molecular weight excluding hydrogens is 279 g/mol. The molecule has 2 aliphatic rings. The van der Waals surface area contributed by atoms with Crippen molar-refractivity contribution >= 4 is 11.6 Å². The van der Waals surface area contributed by atoms with Gasteiger partial charge in [0.15, 0.2) is 0 Å². The highest BCUT2D eigenvalue weighted by atomic mass is 19.1. The van der Waals surface area contributed by atoms with Gasteiger partial charge in [0, 0.05) is 11.7 Å². The number of carbonyl (C=O) groups excluding carboxylic acids is 1. The molecule has 3 rings (SSSR count). The Kier molecular flexibility index (Phi) is 4.77. The number of hydrogen-bond donors (Lipinski definition) is 1. The number of fused-ring (bicyclic) bond motifs is 1. The van der Waals surface area contributed by atoms with Crippen molar-refractivity contribution < 1.29 is 9.18 Å². The van der Waals surface area contributed by atoms with Gasteiger partial charge in [0.25, 0.3) is 0 Å². The monoisotopic (exact) mass is 304 g/mol. The lowest BCUT2D eigenvalue weighted by Crippen LogP contribution is -2.49. The Morgan fingerprint density at radius 3 is 2.86 bits per heavy atom. The van der Waals surface area contributed by atoms with Crippen LogP contribution < -0.4 is 5.32 Å². The first-order valence-corrected chi connectivity index (χ1v) is 8.43. The lowest BCUT2D eigenvalue weighted by molar-refractivity contribution is -0.118. The molecule has 1 aromatic rings. The molecule has 3 nitrogen and oxygen atoms in total. The average molecular weight is 304 g/mol. The Bertz CT molecular complexity index is 544. The van der Waals surface area contributed by atoms with E-state index in [1.807, 2.05) is 0 Å². The number of rotatable bonds is 3. The summed E-state index contributed by atoms with van der Waals surface area (Å²) in [6.45, 7) is 3.16. The first-order chi connectivity index (χ1) is 10.6. The van der Waals surface area contributed by atoms with Crippen molar-refractivity contribution in [3.63, 3.8) is 0 Å². The van der Waals surface area contributed by atoms with Crippen molar-refractivity contribution in [1.29, 1.82) is 0 Å². The highest BCUT2D eigenvalue weighted by molar-refractivity contribution is 5.92. The average Bonchev–Trinajstić information content (AvgIpc) is 2.51. The van der Waals surface area contributed by atoms with E-state index in [-0.39, 0.29) is 11.7 Å². The fourth-order valence-corrected chi connectivity index (χ4v) is 3.98. The Morgan fingerprint density at radius 1 is 1.27 bits per heavy atom. The fraction of sp³-hybridized carbons (Fsp3) is 0.611. The molecule has 1 aromatic carbocycles. The molecule has 22 heavy (non-hydrogen) atoms. The summed E-state index contributed by atoms with van der Waals surface area (Å²) in [4.78, 5) is 14.6. The molecule has 2 fully saturated rings. The summed E-state index contributed by atoms with van der Waals surface area (Å²) in [5, 5.41) is 2.83. The van der Waals surface area contributed by atoms with E-state index in [0.717, 1.165) is 12.5 Å². The van der Waals surface area contributed by atoms with Crippen molar-refractivity contribution in [2.75, 3.05) is 18.4 Å². The fourth-order valence-electron chi connectivity index (χ4n) is 3.98. The maximum atomic E-state index is 13.5. The molecule has 1 aliphatic heterocycles. The van der Waals surface area contributed by atoms with Crippen LogP contribution in [0.2, 0.25) is 0 Å². The van der Waals surface area contributed by atoms with Crippen LogP contribution in [0.5, 0.6) is 0 Å². The van der Waals surface area contributed by atoms with Gasteiger partial charge in [-0.2, -0.15) is 0 Å². The first-order valence-electron chi connectivity index (χ1n) is 8.43. The summed E-state index contributed by atoms with van der Waals surface area (Å²) in [5.41, 5.74) is 1.14. The molecule has 0 spiro atoms. The van der Waals surface area contributed by atoms with Crippen molar-refractivity contribution in [3.8, 4) is 0 Å². The van der Waals surface area contributed by atoms with Gasteiger partial charge < -0.3 is 5.32 Å². The number of likely N-dealkylation sites (tertiary alicyclic amines) is 1. The topological polar surface area (TPSA) is 32.3 Å². The number of carbonyl (C=O) groups is 1. The third-order valence-electron chi connectivity index (χ3n) is 5.16. The van der Waals surface area contributed by atoms with E-state index in [0.29, 0.717) is 23.8 Å². The smallest absolute Gasteiger partial charge is 0.238 e. The van der Waals surface area contributed by atoms with E-state index in [2.05, 4.69) is 10.2 Å². The zero-order valence-electron chi connectivity index (χ0n) is 13.3. The molecule has 1 saturated carbocycles.